The van der Waals surface area contributed by atoms with Crippen LogP contribution in [-0.2, 0) is 0 Å². The molecule has 2 heterocycles. The fraction of sp³-hybridized carbons (Fsp3) is 0.524. The molecular weight excluding hydrogens is 344 g/mol. The van der Waals surface area contributed by atoms with Crippen molar-refractivity contribution < 1.29 is 9.15 Å². The number of thioether (sulfide) groups is 1. The van der Waals surface area contributed by atoms with Gasteiger partial charge in [-0.1, -0.05) is 0 Å². The Labute approximate surface area is 160 Å². The Balaban J connectivity index is 1.46. The predicted molar refractivity (Wildman–Crippen MR) is 109 cm³/mol. The van der Waals surface area contributed by atoms with Gasteiger partial charge in [0.25, 0.3) is 0 Å². The number of benzene rings is 1. The molecule has 4 rings (SSSR count). The maximum absolute atomic E-state index is 6.11. The van der Waals surface area contributed by atoms with Crippen LogP contribution in [0.5, 0.6) is 5.75 Å². The Morgan fingerprint density at radius 2 is 2.04 bits per heavy atom. The third kappa shape index (κ3) is 3.23. The van der Waals surface area contributed by atoms with Crippen LogP contribution in [0.4, 0.5) is 0 Å². The van der Waals surface area contributed by atoms with Crippen molar-refractivity contribution in [3.8, 4) is 5.75 Å². The summed E-state index contributed by atoms with van der Waals surface area (Å²) < 4.78 is 11.8. The van der Waals surface area contributed by atoms with Crippen LogP contribution >= 0.6 is 11.8 Å². The lowest BCUT2D eigenvalue weighted by Gasteiger charge is -2.51. The van der Waals surface area contributed by atoms with Crippen LogP contribution in [0.15, 0.2) is 39.3 Å². The van der Waals surface area contributed by atoms with Crippen molar-refractivity contribution in [2.24, 2.45) is 0 Å². The van der Waals surface area contributed by atoms with Crippen molar-refractivity contribution in [2.75, 3.05) is 33.1 Å². The van der Waals surface area contributed by atoms with E-state index in [2.05, 4.69) is 43.0 Å². The lowest BCUT2D eigenvalue weighted by molar-refractivity contribution is 0.0369. The van der Waals surface area contributed by atoms with Gasteiger partial charge in [0.1, 0.15) is 23.7 Å². The molecule has 1 aromatic carbocycles. The van der Waals surface area contributed by atoms with Gasteiger partial charge in [-0.05, 0) is 71.5 Å². The molecule has 1 aliphatic heterocycles. The molecule has 26 heavy (non-hydrogen) atoms. The predicted octanol–water partition coefficient (Wildman–Crippen LogP) is 4.84. The van der Waals surface area contributed by atoms with E-state index in [0.29, 0.717) is 12.1 Å². The molecule has 0 amide bonds. The zero-order valence-corrected chi connectivity index (χ0v) is 17.0. The fourth-order valence-electron chi connectivity index (χ4n) is 4.21. The molecule has 0 saturated heterocycles. The molecule has 0 spiro atoms. The van der Waals surface area contributed by atoms with Crippen molar-refractivity contribution in [2.45, 2.75) is 38.6 Å². The Morgan fingerprint density at radius 1 is 1.23 bits per heavy atom. The summed E-state index contributed by atoms with van der Waals surface area (Å²) in [7, 11) is 4.36. The van der Waals surface area contributed by atoms with Crippen molar-refractivity contribution in [3.63, 3.8) is 0 Å². The van der Waals surface area contributed by atoms with Gasteiger partial charge in [0.05, 0.1) is 11.4 Å². The highest BCUT2D eigenvalue weighted by molar-refractivity contribution is 8.03. The minimum Gasteiger partial charge on any atom is -0.488 e. The van der Waals surface area contributed by atoms with E-state index < -0.39 is 0 Å². The molecule has 0 atom stereocenters. The summed E-state index contributed by atoms with van der Waals surface area (Å²) in [6, 6.07) is 8.12. The number of furan rings is 1. The number of hydrogen-bond donors (Lipinski definition) is 0. The van der Waals surface area contributed by atoms with E-state index in [1.54, 1.807) is 0 Å². The first-order valence-corrected chi connectivity index (χ1v) is 10.3. The second-order valence-electron chi connectivity index (χ2n) is 7.87. The number of aryl methyl sites for hydroxylation is 1. The molecule has 2 aliphatic rings. The van der Waals surface area contributed by atoms with Crippen molar-refractivity contribution >= 4 is 22.7 Å². The lowest BCUT2D eigenvalue weighted by Crippen LogP contribution is -2.57. The zero-order valence-electron chi connectivity index (χ0n) is 16.2. The monoisotopic (exact) mass is 372 g/mol. The minimum absolute atomic E-state index is 0.329. The third-order valence-electron chi connectivity index (χ3n) is 5.62. The highest BCUT2D eigenvalue weighted by Crippen LogP contribution is 2.46. The number of likely N-dealkylation sites (N-methyl/N-ethyl adjacent to an activating group) is 1. The topological polar surface area (TPSA) is 28.9 Å². The summed E-state index contributed by atoms with van der Waals surface area (Å²) in [6.45, 7) is 6.02. The summed E-state index contributed by atoms with van der Waals surface area (Å²) in [5.74, 6) is 2.90. The summed E-state index contributed by atoms with van der Waals surface area (Å²) in [6.07, 6.45) is 3.94. The summed E-state index contributed by atoms with van der Waals surface area (Å²) in [4.78, 5) is 6.31. The molecule has 1 fully saturated rings. The molecular formula is C21H28N2O2S. The highest BCUT2D eigenvalue weighted by Gasteiger charge is 2.45. The molecule has 0 unspecified atom stereocenters. The average Bonchev–Trinajstić information content (AvgIpc) is 3.10. The Kier molecular flexibility index (Phi) is 4.70. The number of nitrogens with zero attached hydrogens (tertiary/aromatic N) is 2. The molecule has 5 heteroatoms. The first-order valence-electron chi connectivity index (χ1n) is 9.35. The van der Waals surface area contributed by atoms with Crippen molar-refractivity contribution in [3.05, 3.63) is 40.6 Å². The van der Waals surface area contributed by atoms with E-state index in [-0.39, 0.29) is 0 Å². The number of rotatable bonds is 6. The van der Waals surface area contributed by atoms with E-state index in [9.17, 15) is 0 Å². The van der Waals surface area contributed by atoms with E-state index in [1.165, 1.54) is 29.9 Å². The van der Waals surface area contributed by atoms with Crippen molar-refractivity contribution in [1.82, 2.24) is 9.80 Å². The summed E-state index contributed by atoms with van der Waals surface area (Å²) >= 11 is 1.93. The molecule has 1 aromatic heterocycles. The Hall–Kier alpha value is -1.59. The largest absolute Gasteiger partial charge is 0.488 e. The Morgan fingerprint density at radius 3 is 2.73 bits per heavy atom. The van der Waals surface area contributed by atoms with Crippen LogP contribution in [0.3, 0.4) is 0 Å². The first kappa shape index (κ1) is 17.8. The maximum atomic E-state index is 6.11. The van der Waals surface area contributed by atoms with Gasteiger partial charge < -0.3 is 19.0 Å². The molecule has 1 saturated carbocycles. The van der Waals surface area contributed by atoms with E-state index in [1.807, 2.05) is 30.8 Å². The van der Waals surface area contributed by atoms with E-state index >= 15 is 0 Å². The van der Waals surface area contributed by atoms with Gasteiger partial charge in [-0.15, -0.1) is 11.8 Å². The molecule has 4 nitrogen and oxygen atoms in total. The summed E-state index contributed by atoms with van der Waals surface area (Å²) in [5.41, 5.74) is 2.65. The van der Waals surface area contributed by atoms with Crippen LogP contribution in [0.1, 0.15) is 31.9 Å². The molecule has 1 aliphatic carbocycles. The quantitative estimate of drug-likeness (QED) is 0.723. The standard InChI is InChI=1S/C21H28N2O2S/c1-15-10-17-11-18(6-7-19(17)25-15)24-12-20-16(2)23(14-26-20)21(8-5-9-21)13-22(3)4/h6-7,10-11H,5,8-9,12-14H2,1-4H3. The van der Waals surface area contributed by atoms with Gasteiger partial charge in [-0.25, -0.2) is 0 Å². The van der Waals surface area contributed by atoms with Gasteiger partial charge in [0.2, 0.25) is 0 Å². The van der Waals surface area contributed by atoms with Crippen LogP contribution in [0.2, 0.25) is 0 Å². The lowest BCUT2D eigenvalue weighted by atomic mass is 9.75. The Bertz CT molecular complexity index is 836. The average molecular weight is 373 g/mol. The van der Waals surface area contributed by atoms with Crippen LogP contribution < -0.4 is 4.74 Å². The van der Waals surface area contributed by atoms with Crippen LogP contribution in [-0.4, -0.2) is 48.5 Å². The molecule has 0 radical (unpaired) electrons. The van der Waals surface area contributed by atoms with Gasteiger partial charge in [-0.2, -0.15) is 0 Å². The van der Waals surface area contributed by atoms with Gasteiger partial charge >= 0.3 is 0 Å². The number of ether oxygens (including phenoxy) is 1. The van der Waals surface area contributed by atoms with Gasteiger partial charge in [0, 0.05) is 22.5 Å². The fourth-order valence-corrected chi connectivity index (χ4v) is 5.43. The molecule has 0 bridgehead atoms. The summed E-state index contributed by atoms with van der Waals surface area (Å²) in [5, 5.41) is 1.10. The molecule has 0 N–H and O–H groups in total. The van der Waals surface area contributed by atoms with Crippen molar-refractivity contribution in [1.29, 1.82) is 0 Å². The molecule has 140 valence electrons. The minimum atomic E-state index is 0.329. The van der Waals surface area contributed by atoms with Crippen LogP contribution in [0.25, 0.3) is 11.0 Å². The van der Waals surface area contributed by atoms with Gasteiger partial charge in [-0.3, -0.25) is 0 Å². The van der Waals surface area contributed by atoms with Gasteiger partial charge in [0.15, 0.2) is 0 Å². The van der Waals surface area contributed by atoms with E-state index in [4.69, 9.17) is 9.15 Å². The van der Waals surface area contributed by atoms with E-state index in [0.717, 1.165) is 34.9 Å². The highest BCUT2D eigenvalue weighted by atomic mass is 32.2. The number of allylic oxidation sites excluding steroid dienone is 1. The SMILES string of the molecule is CC1=C(COc2ccc3oc(C)cc3c2)SCN1C1(CN(C)C)CCC1. The first-order chi connectivity index (χ1) is 12.5. The third-order valence-corrected chi connectivity index (χ3v) is 6.77. The second-order valence-corrected chi connectivity index (χ2v) is 8.91. The zero-order chi connectivity index (χ0) is 18.3. The normalized spacial score (nSPS) is 19.5. The number of fused-ring (bicyclic) bond motifs is 1. The van der Waals surface area contributed by atoms with Crippen LogP contribution in [0, 0.1) is 6.92 Å². The second kappa shape index (κ2) is 6.86. The number of hydrogen-bond acceptors (Lipinski definition) is 5. The molecule has 2 aromatic rings. The smallest absolute Gasteiger partial charge is 0.134 e. The maximum Gasteiger partial charge on any atom is 0.134 e.